The lowest BCUT2D eigenvalue weighted by Crippen LogP contribution is -2.29. The predicted octanol–water partition coefficient (Wildman–Crippen LogP) is 5.80. The lowest BCUT2D eigenvalue weighted by molar-refractivity contribution is -0.0132. The minimum absolute atomic E-state index is 0.353. The fourth-order valence-electron chi connectivity index (χ4n) is 2.40. The lowest BCUT2D eigenvalue weighted by Gasteiger charge is -2.23. The number of hydrogen-bond acceptors (Lipinski definition) is 3. The summed E-state index contributed by atoms with van der Waals surface area (Å²) >= 11 is 8.03. The van der Waals surface area contributed by atoms with Gasteiger partial charge in [0.25, 0.3) is 0 Å². The topological polar surface area (TPSA) is 54.9 Å². The van der Waals surface area contributed by atoms with Crippen LogP contribution in [0.3, 0.4) is 0 Å². The summed E-state index contributed by atoms with van der Waals surface area (Å²) in [6.45, 7) is 5.34. The number of unbranched alkanes of at least 4 members (excludes halogenated alkanes) is 2. The van der Waals surface area contributed by atoms with Gasteiger partial charge in [-0.25, -0.2) is 0 Å². The Hall–Kier alpha value is -1.68. The maximum absolute atomic E-state index is 9.67. The summed E-state index contributed by atoms with van der Waals surface area (Å²) in [6, 6.07) is 9.92. The monoisotopic (exact) mass is 392 g/mol. The van der Waals surface area contributed by atoms with Crippen molar-refractivity contribution >= 4 is 29.1 Å². The van der Waals surface area contributed by atoms with Crippen LogP contribution in [0, 0.1) is 0 Å². The van der Waals surface area contributed by atoms with Crippen LogP contribution in [0.1, 0.15) is 39.5 Å². The summed E-state index contributed by atoms with van der Waals surface area (Å²) in [5.74, 6) is 1.12. The maximum atomic E-state index is 9.67. The standard InChI is InChI=1S/C20H25ClN2O2S/c1-3-5-12-24-17-14-16(21)19(25-13-6-4-2)20(18(17)23-22)26-15-10-8-7-9-11-15/h7-11,14,20H,3-6,12-13H2,1-2H3. The molecule has 4 nitrogen and oxygen atoms in total. The second-order valence-corrected chi connectivity index (χ2v) is 7.51. The second kappa shape index (κ2) is 11.1. The van der Waals surface area contributed by atoms with Crippen LogP contribution in [0.5, 0.6) is 0 Å². The molecule has 1 atom stereocenters. The highest BCUT2D eigenvalue weighted by molar-refractivity contribution is 8.00. The third-order valence-corrected chi connectivity index (χ3v) is 5.36. The van der Waals surface area contributed by atoms with Gasteiger partial charge in [0.1, 0.15) is 5.76 Å². The van der Waals surface area contributed by atoms with E-state index in [1.807, 2.05) is 30.3 Å². The van der Waals surface area contributed by atoms with Gasteiger partial charge >= 0.3 is 5.71 Å². The molecule has 1 unspecified atom stereocenters. The maximum Gasteiger partial charge on any atom is 0.354 e. The van der Waals surface area contributed by atoms with Gasteiger partial charge in [0.2, 0.25) is 5.76 Å². The highest BCUT2D eigenvalue weighted by Gasteiger charge is 2.39. The van der Waals surface area contributed by atoms with E-state index in [2.05, 4.69) is 18.6 Å². The van der Waals surface area contributed by atoms with Gasteiger partial charge < -0.3 is 15.0 Å². The number of allylic oxidation sites excluding steroid dienone is 3. The zero-order valence-corrected chi connectivity index (χ0v) is 16.9. The fourth-order valence-corrected chi connectivity index (χ4v) is 3.89. The molecule has 0 radical (unpaired) electrons. The van der Waals surface area contributed by atoms with Crippen LogP contribution in [0.15, 0.2) is 57.9 Å². The molecule has 2 rings (SSSR count). The number of rotatable bonds is 10. The average molecular weight is 393 g/mol. The molecule has 0 aliphatic heterocycles. The molecule has 6 heteroatoms. The second-order valence-electron chi connectivity index (χ2n) is 5.92. The Morgan fingerprint density at radius 1 is 1.08 bits per heavy atom. The van der Waals surface area contributed by atoms with Crippen molar-refractivity contribution in [3.05, 3.63) is 58.5 Å². The number of thioether (sulfide) groups is 1. The molecule has 1 aliphatic rings. The molecule has 1 aromatic carbocycles. The lowest BCUT2D eigenvalue weighted by atomic mass is 10.1. The molecular weight excluding hydrogens is 368 g/mol. The molecule has 0 N–H and O–H groups in total. The number of hydrogen-bond donors (Lipinski definition) is 0. The summed E-state index contributed by atoms with van der Waals surface area (Å²) < 4.78 is 11.8. The van der Waals surface area contributed by atoms with Gasteiger partial charge in [-0.15, -0.1) is 11.8 Å². The van der Waals surface area contributed by atoms with E-state index in [1.165, 1.54) is 11.8 Å². The Morgan fingerprint density at radius 2 is 1.73 bits per heavy atom. The number of ether oxygens (including phenoxy) is 2. The molecule has 0 amide bonds. The van der Waals surface area contributed by atoms with Crippen LogP contribution in [0.25, 0.3) is 5.53 Å². The van der Waals surface area contributed by atoms with Crippen LogP contribution >= 0.6 is 23.4 Å². The van der Waals surface area contributed by atoms with E-state index < -0.39 is 0 Å². The van der Waals surface area contributed by atoms with E-state index in [1.54, 1.807) is 6.08 Å². The van der Waals surface area contributed by atoms with Gasteiger partial charge in [-0.05, 0) is 25.0 Å². The molecular formula is C20H25ClN2O2S. The first-order valence-electron chi connectivity index (χ1n) is 9.02. The van der Waals surface area contributed by atoms with Gasteiger partial charge in [-0.3, -0.25) is 0 Å². The summed E-state index contributed by atoms with van der Waals surface area (Å²) in [4.78, 5) is 4.56. The van der Waals surface area contributed by atoms with Crippen LogP contribution < -0.4 is 0 Å². The molecule has 0 saturated carbocycles. The number of halogens is 1. The molecule has 0 saturated heterocycles. The third-order valence-electron chi connectivity index (χ3n) is 3.85. The first kappa shape index (κ1) is 20.6. The molecule has 0 aromatic heterocycles. The largest absolute Gasteiger partial charge is 0.495 e. The molecule has 1 aliphatic carbocycles. The van der Waals surface area contributed by atoms with Gasteiger partial charge in [0.15, 0.2) is 5.25 Å². The minimum atomic E-state index is -0.353. The van der Waals surface area contributed by atoms with E-state index >= 15 is 0 Å². The molecule has 1 aromatic rings. The normalized spacial score (nSPS) is 17.0. The van der Waals surface area contributed by atoms with Crippen LogP contribution in [-0.4, -0.2) is 29.0 Å². The Balaban J connectivity index is 2.31. The highest BCUT2D eigenvalue weighted by atomic mass is 35.5. The van der Waals surface area contributed by atoms with Crippen molar-refractivity contribution in [1.82, 2.24) is 0 Å². The zero-order chi connectivity index (χ0) is 18.8. The van der Waals surface area contributed by atoms with Crippen molar-refractivity contribution in [1.29, 1.82) is 0 Å². The van der Waals surface area contributed by atoms with Gasteiger partial charge in [0, 0.05) is 11.0 Å². The first-order valence-corrected chi connectivity index (χ1v) is 10.3. The Labute approximate surface area is 164 Å². The quantitative estimate of drug-likeness (QED) is 0.287. The van der Waals surface area contributed by atoms with Crippen molar-refractivity contribution in [3.63, 3.8) is 0 Å². The summed E-state index contributed by atoms with van der Waals surface area (Å²) in [5.41, 5.74) is 10.1. The smallest absolute Gasteiger partial charge is 0.354 e. The van der Waals surface area contributed by atoms with Crippen LogP contribution in [-0.2, 0) is 9.47 Å². The van der Waals surface area contributed by atoms with Crippen LogP contribution in [0.2, 0.25) is 0 Å². The van der Waals surface area contributed by atoms with Crippen molar-refractivity contribution in [2.75, 3.05) is 13.2 Å². The molecule has 0 heterocycles. The Kier molecular flexibility index (Phi) is 8.82. The molecule has 0 bridgehead atoms. The first-order chi connectivity index (χ1) is 12.7. The van der Waals surface area contributed by atoms with Crippen LogP contribution in [0.4, 0.5) is 0 Å². The minimum Gasteiger partial charge on any atom is -0.495 e. The molecule has 26 heavy (non-hydrogen) atoms. The average Bonchev–Trinajstić information content (AvgIpc) is 2.65. The van der Waals surface area contributed by atoms with Gasteiger partial charge in [0.05, 0.1) is 18.2 Å². The summed E-state index contributed by atoms with van der Waals surface area (Å²) in [7, 11) is 0. The molecule has 140 valence electrons. The summed E-state index contributed by atoms with van der Waals surface area (Å²) in [5, 5.41) is 0.141. The van der Waals surface area contributed by atoms with Gasteiger partial charge in [-0.1, -0.05) is 56.5 Å². The Morgan fingerprint density at radius 3 is 2.35 bits per heavy atom. The molecule has 0 spiro atoms. The van der Waals surface area contributed by atoms with E-state index in [-0.39, 0.29) is 5.25 Å². The van der Waals surface area contributed by atoms with Gasteiger partial charge in [-0.2, -0.15) is 4.79 Å². The Bertz CT molecular complexity index is 697. The summed E-state index contributed by atoms with van der Waals surface area (Å²) in [6.07, 6.45) is 5.61. The molecule has 0 fully saturated rings. The number of benzene rings is 1. The third kappa shape index (κ3) is 5.66. The zero-order valence-electron chi connectivity index (χ0n) is 15.3. The van der Waals surface area contributed by atoms with Crippen molar-refractivity contribution < 1.29 is 14.3 Å². The fraction of sp³-hybridized carbons (Fsp3) is 0.450. The predicted molar refractivity (Wildman–Crippen MR) is 107 cm³/mol. The SMILES string of the molecule is CCCCOC1=CC(Cl)=C(OCCCC)C(Sc2ccccc2)C1=[N+]=[N-]. The van der Waals surface area contributed by atoms with E-state index in [9.17, 15) is 5.53 Å². The van der Waals surface area contributed by atoms with Crippen molar-refractivity contribution in [2.24, 2.45) is 0 Å². The number of nitrogens with zero attached hydrogens (tertiary/aromatic N) is 2. The highest BCUT2D eigenvalue weighted by Crippen LogP contribution is 2.37. The van der Waals surface area contributed by atoms with Crippen molar-refractivity contribution in [2.45, 2.75) is 49.7 Å². The van der Waals surface area contributed by atoms with Crippen molar-refractivity contribution in [3.8, 4) is 0 Å². The van der Waals surface area contributed by atoms with E-state index in [0.717, 1.165) is 30.6 Å². The van der Waals surface area contributed by atoms with E-state index in [0.29, 0.717) is 35.5 Å². The van der Waals surface area contributed by atoms with E-state index in [4.69, 9.17) is 21.1 Å².